The van der Waals surface area contributed by atoms with Gasteiger partial charge in [0, 0.05) is 24.1 Å². The molecule has 0 amide bonds. The molecule has 2 aromatic rings. The topological polar surface area (TPSA) is 48.3 Å². The number of ether oxygens (including phenoxy) is 1. The van der Waals surface area contributed by atoms with Crippen LogP contribution in [-0.2, 0) is 27.8 Å². The van der Waals surface area contributed by atoms with Gasteiger partial charge in [-0.15, -0.1) is 0 Å². The van der Waals surface area contributed by atoms with Crippen LogP contribution in [0.3, 0.4) is 0 Å². The van der Waals surface area contributed by atoms with Gasteiger partial charge in [-0.3, -0.25) is 9.59 Å². The second-order valence-corrected chi connectivity index (χ2v) is 4.90. The predicted octanol–water partition coefficient (Wildman–Crippen LogP) is 2.49. The van der Waals surface area contributed by atoms with Crippen LogP contribution in [-0.4, -0.2) is 22.9 Å². The first kappa shape index (κ1) is 14.3. The van der Waals surface area contributed by atoms with E-state index in [0.29, 0.717) is 6.42 Å². The summed E-state index contributed by atoms with van der Waals surface area (Å²) in [4.78, 5) is 23.6. The second-order valence-electron chi connectivity index (χ2n) is 4.90. The number of nitrogens with zero attached hydrogens (tertiary/aromatic N) is 1. The van der Waals surface area contributed by atoms with Crippen molar-refractivity contribution in [1.29, 1.82) is 0 Å². The first-order chi connectivity index (χ1) is 9.54. The molecule has 1 heterocycles. The molecule has 0 aliphatic carbocycles. The standard InChI is InChI=1S/C16H19NO3/c1-4-20-16(19)14(11(2)18)9-12-10-17(3)15-8-6-5-7-13(12)15/h5-8,10,14H,4,9H2,1-3H3. The first-order valence-electron chi connectivity index (χ1n) is 6.74. The van der Waals surface area contributed by atoms with E-state index in [4.69, 9.17) is 4.74 Å². The second kappa shape index (κ2) is 5.90. The van der Waals surface area contributed by atoms with Gasteiger partial charge in [-0.1, -0.05) is 18.2 Å². The van der Waals surface area contributed by atoms with Gasteiger partial charge < -0.3 is 9.30 Å². The third-order valence-corrected chi connectivity index (χ3v) is 3.47. The predicted molar refractivity (Wildman–Crippen MR) is 77.4 cm³/mol. The van der Waals surface area contributed by atoms with Crippen molar-refractivity contribution in [3.63, 3.8) is 0 Å². The number of esters is 1. The zero-order valence-electron chi connectivity index (χ0n) is 12.1. The molecule has 0 radical (unpaired) electrons. The quantitative estimate of drug-likeness (QED) is 0.621. The molecular formula is C16H19NO3. The highest BCUT2D eigenvalue weighted by atomic mass is 16.5. The Balaban J connectivity index is 2.34. The number of aromatic nitrogens is 1. The van der Waals surface area contributed by atoms with Crippen LogP contribution in [0.15, 0.2) is 30.5 Å². The van der Waals surface area contributed by atoms with Gasteiger partial charge >= 0.3 is 5.97 Å². The molecule has 106 valence electrons. The number of benzene rings is 1. The maximum Gasteiger partial charge on any atom is 0.316 e. The van der Waals surface area contributed by atoms with E-state index in [-0.39, 0.29) is 12.4 Å². The Labute approximate surface area is 118 Å². The van der Waals surface area contributed by atoms with Crippen molar-refractivity contribution in [3.8, 4) is 0 Å². The Morgan fingerprint density at radius 3 is 2.65 bits per heavy atom. The zero-order chi connectivity index (χ0) is 14.7. The monoisotopic (exact) mass is 273 g/mol. The fraction of sp³-hybridized carbons (Fsp3) is 0.375. The van der Waals surface area contributed by atoms with Crippen molar-refractivity contribution < 1.29 is 14.3 Å². The lowest BCUT2D eigenvalue weighted by Crippen LogP contribution is -2.26. The van der Waals surface area contributed by atoms with Gasteiger partial charge in [0.15, 0.2) is 0 Å². The van der Waals surface area contributed by atoms with E-state index in [1.165, 1.54) is 6.92 Å². The smallest absolute Gasteiger partial charge is 0.316 e. The molecule has 0 saturated heterocycles. The van der Waals surface area contributed by atoms with Gasteiger partial charge in [-0.25, -0.2) is 0 Å². The third-order valence-electron chi connectivity index (χ3n) is 3.47. The Morgan fingerprint density at radius 2 is 2.00 bits per heavy atom. The molecule has 0 fully saturated rings. The lowest BCUT2D eigenvalue weighted by atomic mass is 9.96. The van der Waals surface area contributed by atoms with Crippen LogP contribution in [0.25, 0.3) is 10.9 Å². The minimum atomic E-state index is -0.722. The Kier molecular flexibility index (Phi) is 4.23. The van der Waals surface area contributed by atoms with E-state index < -0.39 is 11.9 Å². The van der Waals surface area contributed by atoms with Gasteiger partial charge in [0.1, 0.15) is 11.7 Å². The zero-order valence-corrected chi connectivity index (χ0v) is 12.1. The van der Waals surface area contributed by atoms with Crippen molar-refractivity contribution >= 4 is 22.7 Å². The van der Waals surface area contributed by atoms with Gasteiger partial charge in [0.25, 0.3) is 0 Å². The van der Waals surface area contributed by atoms with Gasteiger partial charge in [-0.2, -0.15) is 0 Å². The molecule has 0 N–H and O–H groups in total. The van der Waals surface area contributed by atoms with Crippen LogP contribution in [0.2, 0.25) is 0 Å². The van der Waals surface area contributed by atoms with Crippen LogP contribution in [0.5, 0.6) is 0 Å². The summed E-state index contributed by atoms with van der Waals surface area (Å²) >= 11 is 0. The van der Waals surface area contributed by atoms with Crippen LogP contribution < -0.4 is 0 Å². The molecule has 1 aromatic carbocycles. The molecular weight excluding hydrogens is 254 g/mol. The van der Waals surface area contributed by atoms with Crippen LogP contribution in [0, 0.1) is 5.92 Å². The van der Waals surface area contributed by atoms with Crippen LogP contribution >= 0.6 is 0 Å². The highest BCUT2D eigenvalue weighted by Crippen LogP contribution is 2.23. The van der Waals surface area contributed by atoms with Crippen LogP contribution in [0.1, 0.15) is 19.4 Å². The van der Waals surface area contributed by atoms with Gasteiger partial charge in [0.2, 0.25) is 0 Å². The van der Waals surface area contributed by atoms with E-state index in [9.17, 15) is 9.59 Å². The maximum atomic E-state index is 11.9. The Hall–Kier alpha value is -2.10. The van der Waals surface area contributed by atoms with E-state index in [1.807, 2.05) is 42.1 Å². The molecule has 0 bridgehead atoms. The number of para-hydroxylation sites is 1. The minimum absolute atomic E-state index is 0.156. The molecule has 2 rings (SSSR count). The number of hydrogen-bond donors (Lipinski definition) is 0. The summed E-state index contributed by atoms with van der Waals surface area (Å²) in [6.45, 7) is 3.47. The lowest BCUT2D eigenvalue weighted by molar-refractivity contribution is -0.151. The van der Waals surface area contributed by atoms with Crippen molar-refractivity contribution in [2.24, 2.45) is 13.0 Å². The molecule has 1 unspecified atom stereocenters. The van der Waals surface area contributed by atoms with Crippen molar-refractivity contribution in [2.45, 2.75) is 20.3 Å². The molecule has 20 heavy (non-hydrogen) atoms. The molecule has 4 heteroatoms. The molecule has 0 spiro atoms. The van der Waals surface area contributed by atoms with E-state index in [1.54, 1.807) is 6.92 Å². The number of carbonyl (C=O) groups is 2. The summed E-state index contributed by atoms with van der Waals surface area (Å²) in [5, 5.41) is 1.07. The molecule has 1 atom stereocenters. The molecule has 0 aliphatic heterocycles. The Morgan fingerprint density at radius 1 is 1.30 bits per heavy atom. The normalized spacial score (nSPS) is 12.3. The largest absolute Gasteiger partial charge is 0.465 e. The summed E-state index contributed by atoms with van der Waals surface area (Å²) in [7, 11) is 1.96. The highest BCUT2D eigenvalue weighted by Gasteiger charge is 2.26. The average molecular weight is 273 g/mol. The van der Waals surface area contributed by atoms with Crippen molar-refractivity contribution in [1.82, 2.24) is 4.57 Å². The molecule has 4 nitrogen and oxygen atoms in total. The van der Waals surface area contributed by atoms with E-state index >= 15 is 0 Å². The van der Waals surface area contributed by atoms with Gasteiger partial charge in [-0.05, 0) is 31.9 Å². The molecule has 1 aromatic heterocycles. The highest BCUT2D eigenvalue weighted by molar-refractivity contribution is 5.98. The summed E-state index contributed by atoms with van der Waals surface area (Å²) in [6, 6.07) is 7.96. The summed E-state index contributed by atoms with van der Waals surface area (Å²) in [5.41, 5.74) is 2.09. The van der Waals surface area contributed by atoms with Crippen molar-refractivity contribution in [2.75, 3.05) is 6.61 Å². The van der Waals surface area contributed by atoms with E-state index in [2.05, 4.69) is 0 Å². The third kappa shape index (κ3) is 2.74. The lowest BCUT2D eigenvalue weighted by Gasteiger charge is -2.11. The number of aryl methyl sites for hydroxylation is 1. The minimum Gasteiger partial charge on any atom is -0.465 e. The number of fused-ring (bicyclic) bond motifs is 1. The average Bonchev–Trinajstić information content (AvgIpc) is 2.73. The summed E-state index contributed by atoms with van der Waals surface area (Å²) < 4.78 is 7.00. The first-order valence-corrected chi connectivity index (χ1v) is 6.74. The van der Waals surface area contributed by atoms with Crippen LogP contribution in [0.4, 0.5) is 0 Å². The van der Waals surface area contributed by atoms with Gasteiger partial charge in [0.05, 0.1) is 6.61 Å². The summed E-state index contributed by atoms with van der Waals surface area (Å²) in [5.74, 6) is -1.31. The number of hydrogen-bond acceptors (Lipinski definition) is 3. The maximum absolute atomic E-state index is 11.9. The number of Topliss-reactive ketones (excluding diaryl/α,β-unsaturated/α-hetero) is 1. The van der Waals surface area contributed by atoms with E-state index in [0.717, 1.165) is 16.5 Å². The number of ketones is 1. The van der Waals surface area contributed by atoms with Crippen molar-refractivity contribution in [3.05, 3.63) is 36.0 Å². The molecule has 0 aliphatic rings. The molecule has 0 saturated carbocycles. The fourth-order valence-electron chi connectivity index (χ4n) is 2.44. The fourth-order valence-corrected chi connectivity index (χ4v) is 2.44. The summed E-state index contributed by atoms with van der Waals surface area (Å²) in [6.07, 6.45) is 2.36. The number of rotatable bonds is 5. The number of carbonyl (C=O) groups excluding carboxylic acids is 2. The SMILES string of the molecule is CCOC(=O)C(Cc1cn(C)c2ccccc12)C(C)=O. The Bertz CT molecular complexity index is 642.